The smallest absolute Gasteiger partial charge is 0.239 e. The van der Waals surface area contributed by atoms with Crippen LogP contribution in [-0.2, 0) is 16.0 Å². The zero-order valence-corrected chi connectivity index (χ0v) is 16.4. The van der Waals surface area contributed by atoms with Crippen LogP contribution < -0.4 is 15.8 Å². The van der Waals surface area contributed by atoms with E-state index in [0.29, 0.717) is 19.4 Å². The summed E-state index contributed by atoms with van der Waals surface area (Å²) in [6, 6.07) is 16.4. The molecular weight excluding hydrogens is 371 g/mol. The van der Waals surface area contributed by atoms with Crippen molar-refractivity contribution in [2.45, 2.75) is 19.3 Å². The van der Waals surface area contributed by atoms with Gasteiger partial charge < -0.3 is 4.90 Å². The maximum atomic E-state index is 12.9. The number of hydrogen-bond donors (Lipinski definition) is 2. The van der Waals surface area contributed by atoms with E-state index in [4.69, 9.17) is 0 Å². The number of halogens is 1. The van der Waals surface area contributed by atoms with E-state index >= 15 is 0 Å². The molecule has 0 aliphatic carbocycles. The van der Waals surface area contributed by atoms with E-state index in [2.05, 4.69) is 32.8 Å². The van der Waals surface area contributed by atoms with E-state index in [-0.39, 0.29) is 24.1 Å². The molecule has 0 unspecified atom stereocenters. The van der Waals surface area contributed by atoms with Gasteiger partial charge in [-0.25, -0.2) is 4.39 Å². The highest BCUT2D eigenvalue weighted by molar-refractivity contribution is 5.82. The van der Waals surface area contributed by atoms with Crippen LogP contribution in [0, 0.1) is 5.82 Å². The maximum Gasteiger partial charge on any atom is 0.239 e. The molecule has 2 N–H and O–H groups in total. The molecule has 1 fully saturated rings. The number of rotatable bonds is 7. The number of carbonyl (C=O) groups excluding carboxylic acids is 2. The molecular formula is C22H27FN4O2. The molecule has 0 radical (unpaired) electrons. The number of nitrogens with zero attached hydrogens (tertiary/aromatic N) is 2. The summed E-state index contributed by atoms with van der Waals surface area (Å²) in [5.41, 5.74) is 7.01. The molecule has 0 spiro atoms. The molecule has 1 aliphatic rings. The Morgan fingerprint density at radius 1 is 0.828 bits per heavy atom. The summed E-state index contributed by atoms with van der Waals surface area (Å²) in [5, 5.41) is 0. The third-order valence-electron chi connectivity index (χ3n) is 5.04. The third-order valence-corrected chi connectivity index (χ3v) is 5.04. The molecule has 3 rings (SSSR count). The number of hydrazine groups is 1. The quantitative estimate of drug-likeness (QED) is 0.702. The lowest BCUT2D eigenvalue weighted by atomic mass is 10.1. The number of para-hydroxylation sites is 1. The van der Waals surface area contributed by atoms with Crippen molar-refractivity contribution >= 4 is 17.5 Å². The standard InChI is InChI=1S/C22H27FN4O2/c23-19-9-6-18(7-10-19)8-11-21(28)24-25-22(29)12-13-26-14-16-27(17-15-26)20-4-2-1-3-5-20/h1-7,9-10H,8,11-17H2,(H,24,28)(H,25,29). The zero-order valence-electron chi connectivity index (χ0n) is 16.4. The van der Waals surface area contributed by atoms with Crippen LogP contribution in [0.2, 0.25) is 0 Å². The summed E-state index contributed by atoms with van der Waals surface area (Å²) in [4.78, 5) is 28.4. The molecule has 0 saturated carbocycles. The first-order valence-corrected chi connectivity index (χ1v) is 9.94. The highest BCUT2D eigenvalue weighted by Gasteiger charge is 2.17. The minimum Gasteiger partial charge on any atom is -0.369 e. The Kier molecular flexibility index (Phi) is 7.58. The van der Waals surface area contributed by atoms with E-state index in [1.807, 2.05) is 18.2 Å². The van der Waals surface area contributed by atoms with Crippen LogP contribution in [0.1, 0.15) is 18.4 Å². The van der Waals surface area contributed by atoms with Gasteiger partial charge in [-0.1, -0.05) is 30.3 Å². The van der Waals surface area contributed by atoms with Crippen molar-refractivity contribution in [3.63, 3.8) is 0 Å². The fourth-order valence-electron chi connectivity index (χ4n) is 3.30. The van der Waals surface area contributed by atoms with E-state index in [1.54, 1.807) is 12.1 Å². The van der Waals surface area contributed by atoms with Crippen LogP contribution in [-0.4, -0.2) is 49.4 Å². The van der Waals surface area contributed by atoms with Gasteiger partial charge in [0.05, 0.1) is 0 Å². The van der Waals surface area contributed by atoms with Gasteiger partial charge in [0.25, 0.3) is 0 Å². The summed E-state index contributed by atoms with van der Waals surface area (Å²) in [6.45, 7) is 4.36. The molecule has 2 amide bonds. The van der Waals surface area contributed by atoms with Crippen molar-refractivity contribution in [3.8, 4) is 0 Å². The van der Waals surface area contributed by atoms with E-state index in [9.17, 15) is 14.0 Å². The Labute approximate surface area is 170 Å². The molecule has 0 bridgehead atoms. The topological polar surface area (TPSA) is 64.7 Å². The monoisotopic (exact) mass is 398 g/mol. The second-order valence-electron chi connectivity index (χ2n) is 7.14. The van der Waals surface area contributed by atoms with Crippen molar-refractivity contribution in [1.29, 1.82) is 0 Å². The minimum absolute atomic E-state index is 0.203. The van der Waals surface area contributed by atoms with Crippen LogP contribution in [0.4, 0.5) is 10.1 Å². The summed E-state index contributed by atoms with van der Waals surface area (Å²) >= 11 is 0. The van der Waals surface area contributed by atoms with Crippen LogP contribution in [0.3, 0.4) is 0 Å². The number of aryl methyl sites for hydroxylation is 1. The summed E-state index contributed by atoms with van der Waals surface area (Å²) < 4.78 is 12.9. The van der Waals surface area contributed by atoms with E-state index in [0.717, 1.165) is 31.7 Å². The molecule has 0 aromatic heterocycles. The number of anilines is 1. The van der Waals surface area contributed by atoms with E-state index in [1.165, 1.54) is 17.8 Å². The fraction of sp³-hybridized carbons (Fsp3) is 0.364. The molecule has 1 heterocycles. The Bertz CT molecular complexity index is 790. The highest BCUT2D eigenvalue weighted by Crippen LogP contribution is 2.15. The van der Waals surface area contributed by atoms with Gasteiger partial charge in [-0.05, 0) is 36.2 Å². The SMILES string of the molecule is O=C(CCc1ccc(F)cc1)NNC(=O)CCN1CCN(c2ccccc2)CC1. The second-order valence-corrected chi connectivity index (χ2v) is 7.14. The molecule has 154 valence electrons. The van der Waals surface area contributed by atoms with Gasteiger partial charge >= 0.3 is 0 Å². The van der Waals surface area contributed by atoms with Gasteiger partial charge in [0, 0.05) is 51.3 Å². The minimum atomic E-state index is -0.299. The predicted octanol–water partition coefficient (Wildman–Crippen LogP) is 2.12. The second kappa shape index (κ2) is 10.6. The highest BCUT2D eigenvalue weighted by atomic mass is 19.1. The summed E-state index contributed by atoms with van der Waals surface area (Å²) in [5.74, 6) is -0.767. The van der Waals surface area contributed by atoms with Crippen molar-refractivity contribution < 1.29 is 14.0 Å². The lowest BCUT2D eigenvalue weighted by Crippen LogP contribution is -2.48. The van der Waals surface area contributed by atoms with Crippen molar-refractivity contribution in [2.75, 3.05) is 37.6 Å². The average Bonchev–Trinajstić information content (AvgIpc) is 2.77. The molecule has 1 saturated heterocycles. The van der Waals surface area contributed by atoms with E-state index < -0.39 is 0 Å². The van der Waals surface area contributed by atoms with Crippen LogP contribution in [0.5, 0.6) is 0 Å². The number of nitrogens with one attached hydrogen (secondary N) is 2. The molecule has 1 aliphatic heterocycles. The van der Waals surface area contributed by atoms with Crippen LogP contribution in [0.15, 0.2) is 54.6 Å². The predicted molar refractivity (Wildman–Crippen MR) is 111 cm³/mol. The summed E-state index contributed by atoms with van der Waals surface area (Å²) in [7, 11) is 0. The normalized spacial score (nSPS) is 14.4. The first kappa shape index (κ1) is 20.8. The van der Waals surface area contributed by atoms with Gasteiger partial charge in [0.1, 0.15) is 5.82 Å². The number of benzene rings is 2. The zero-order chi connectivity index (χ0) is 20.5. The van der Waals surface area contributed by atoms with Crippen molar-refractivity contribution in [1.82, 2.24) is 15.8 Å². The largest absolute Gasteiger partial charge is 0.369 e. The lowest BCUT2D eigenvalue weighted by Gasteiger charge is -2.36. The first-order valence-electron chi connectivity index (χ1n) is 9.94. The van der Waals surface area contributed by atoms with Crippen molar-refractivity contribution in [3.05, 3.63) is 66.0 Å². The van der Waals surface area contributed by atoms with Crippen molar-refractivity contribution in [2.24, 2.45) is 0 Å². The Morgan fingerprint density at radius 2 is 1.45 bits per heavy atom. The third kappa shape index (κ3) is 6.87. The number of amides is 2. The fourth-order valence-corrected chi connectivity index (χ4v) is 3.30. The number of piperazine rings is 1. The average molecular weight is 398 g/mol. The molecule has 0 atom stereocenters. The molecule has 2 aromatic rings. The molecule has 2 aromatic carbocycles. The Morgan fingerprint density at radius 3 is 2.10 bits per heavy atom. The Balaban J connectivity index is 1.28. The van der Waals surface area contributed by atoms with Gasteiger partial charge in [0.2, 0.25) is 11.8 Å². The van der Waals surface area contributed by atoms with Gasteiger partial charge in [-0.3, -0.25) is 25.3 Å². The molecule has 7 heteroatoms. The molecule has 29 heavy (non-hydrogen) atoms. The first-order chi connectivity index (χ1) is 14.1. The van der Waals surface area contributed by atoms with Crippen LogP contribution >= 0.6 is 0 Å². The lowest BCUT2D eigenvalue weighted by molar-refractivity contribution is -0.129. The van der Waals surface area contributed by atoms with Gasteiger partial charge in [-0.2, -0.15) is 0 Å². The number of hydrogen-bond acceptors (Lipinski definition) is 4. The van der Waals surface area contributed by atoms with Crippen LogP contribution in [0.25, 0.3) is 0 Å². The molecule has 6 nitrogen and oxygen atoms in total. The van der Waals surface area contributed by atoms with Gasteiger partial charge in [-0.15, -0.1) is 0 Å². The Hall–Kier alpha value is -2.93. The summed E-state index contributed by atoms with van der Waals surface area (Å²) in [6.07, 6.45) is 1.06. The maximum absolute atomic E-state index is 12.9. The van der Waals surface area contributed by atoms with Gasteiger partial charge in [0.15, 0.2) is 0 Å². The number of carbonyl (C=O) groups is 2.